The highest BCUT2D eigenvalue weighted by molar-refractivity contribution is 14.1. The number of likely N-dealkylation sites (tertiary alicyclic amines) is 1. The second-order valence-corrected chi connectivity index (χ2v) is 9.44. The van der Waals surface area contributed by atoms with Crippen molar-refractivity contribution in [2.24, 2.45) is 0 Å². The van der Waals surface area contributed by atoms with Crippen LogP contribution in [0.4, 0.5) is 18.9 Å². The molecule has 3 rings (SSSR count). The third kappa shape index (κ3) is 4.11. The molecule has 1 saturated heterocycles. The molecular weight excluding hydrogens is 472 g/mol. The van der Waals surface area contributed by atoms with Crippen molar-refractivity contribution in [2.45, 2.75) is 37.0 Å². The van der Waals surface area contributed by atoms with E-state index in [0.29, 0.717) is 13.8 Å². The number of nitrogens with zero attached hydrogens (tertiary/aromatic N) is 1. The van der Waals surface area contributed by atoms with Crippen molar-refractivity contribution in [1.82, 2.24) is 4.90 Å². The van der Waals surface area contributed by atoms with Gasteiger partial charge in [-0.15, -0.1) is 22.9 Å². The van der Waals surface area contributed by atoms with Crippen molar-refractivity contribution in [3.05, 3.63) is 26.6 Å². The Morgan fingerprint density at radius 1 is 1.42 bits per heavy atom. The Hall–Kier alpha value is -0.250. The van der Waals surface area contributed by atoms with Crippen molar-refractivity contribution in [1.29, 1.82) is 0 Å². The van der Waals surface area contributed by atoms with E-state index in [4.69, 9.17) is 11.6 Å². The number of hydrogen-bond acceptors (Lipinski definition) is 3. The predicted octanol–water partition coefficient (Wildman–Crippen LogP) is 5.68. The molecule has 8 heteroatoms. The Morgan fingerprint density at radius 3 is 2.83 bits per heavy atom. The molecule has 2 unspecified atom stereocenters. The van der Waals surface area contributed by atoms with E-state index in [-0.39, 0.29) is 11.5 Å². The maximum atomic E-state index is 12.8. The summed E-state index contributed by atoms with van der Waals surface area (Å²) in [6, 6.07) is 5.77. The summed E-state index contributed by atoms with van der Waals surface area (Å²) in [6.45, 7) is 0.906. The zero-order valence-corrected chi connectivity index (χ0v) is 16.7. The monoisotopic (exact) mass is 488 g/mol. The van der Waals surface area contributed by atoms with Gasteiger partial charge in [-0.25, -0.2) is 0 Å². The average molecular weight is 489 g/mol. The van der Waals surface area contributed by atoms with E-state index in [1.807, 2.05) is 41.8 Å². The van der Waals surface area contributed by atoms with Crippen LogP contribution in [0.25, 0.3) is 10.1 Å². The number of thiophene rings is 1. The lowest BCUT2D eigenvalue weighted by atomic mass is 10.0. The minimum Gasteiger partial charge on any atom is -0.381 e. The van der Waals surface area contributed by atoms with Crippen LogP contribution < -0.4 is 5.32 Å². The average Bonchev–Trinajstić information content (AvgIpc) is 2.79. The van der Waals surface area contributed by atoms with Crippen LogP contribution in [-0.4, -0.2) is 36.2 Å². The Balaban J connectivity index is 1.88. The van der Waals surface area contributed by atoms with Gasteiger partial charge < -0.3 is 5.32 Å². The van der Waals surface area contributed by atoms with E-state index in [0.717, 1.165) is 29.8 Å². The molecular formula is C16H17ClF3IN2S. The fourth-order valence-electron chi connectivity index (χ4n) is 3.00. The lowest BCUT2D eigenvalue weighted by Gasteiger charge is -2.34. The summed E-state index contributed by atoms with van der Waals surface area (Å²) in [5.74, 6) is 0. The predicted molar refractivity (Wildman–Crippen MR) is 103 cm³/mol. The number of alkyl halides is 4. The molecule has 1 aromatic heterocycles. The number of nitrogens with one attached hydrogen (secondary N) is 1. The quantitative estimate of drug-likeness (QED) is 0.340. The van der Waals surface area contributed by atoms with Crippen LogP contribution in [-0.2, 0) is 6.42 Å². The molecule has 1 fully saturated rings. The summed E-state index contributed by atoms with van der Waals surface area (Å²) in [7, 11) is 2.00. The zero-order valence-electron chi connectivity index (χ0n) is 13.0. The van der Waals surface area contributed by atoms with Crippen LogP contribution in [0.2, 0.25) is 0 Å². The van der Waals surface area contributed by atoms with Gasteiger partial charge in [0.1, 0.15) is 0 Å². The maximum absolute atomic E-state index is 12.8. The van der Waals surface area contributed by atoms with E-state index >= 15 is 0 Å². The lowest BCUT2D eigenvalue weighted by Crippen LogP contribution is -2.41. The SMILES string of the molecule is CN1CCC(Nc2cccc3c(CC(F)(F)F)c(I)sc23)CC1Cl. The van der Waals surface area contributed by atoms with Crippen molar-refractivity contribution < 1.29 is 13.2 Å². The van der Waals surface area contributed by atoms with Gasteiger partial charge in [-0.1, -0.05) is 12.1 Å². The molecule has 0 saturated carbocycles. The molecule has 132 valence electrons. The van der Waals surface area contributed by atoms with Gasteiger partial charge >= 0.3 is 6.18 Å². The third-order valence-electron chi connectivity index (χ3n) is 4.29. The Kier molecular flexibility index (Phi) is 5.54. The van der Waals surface area contributed by atoms with Gasteiger partial charge in [0.15, 0.2) is 0 Å². The molecule has 1 N–H and O–H groups in total. The first-order valence-corrected chi connectivity index (χ1v) is 9.95. The zero-order chi connectivity index (χ0) is 17.5. The van der Waals surface area contributed by atoms with E-state index in [1.54, 1.807) is 6.07 Å². The summed E-state index contributed by atoms with van der Waals surface area (Å²) in [6.07, 6.45) is -3.30. The maximum Gasteiger partial charge on any atom is 0.393 e. The first kappa shape index (κ1) is 18.5. The van der Waals surface area contributed by atoms with Crippen LogP contribution in [0.15, 0.2) is 18.2 Å². The van der Waals surface area contributed by atoms with Crippen LogP contribution in [0.3, 0.4) is 0 Å². The standard InChI is InChI=1S/C16H17ClF3IN2S/c1-23-6-5-9(7-13(23)17)22-12-4-2-3-10-11(8-16(18,19)20)15(21)24-14(10)12/h2-4,9,13,22H,5-8H2,1H3. The molecule has 2 nitrogen and oxygen atoms in total. The lowest BCUT2D eigenvalue weighted by molar-refractivity contribution is -0.127. The van der Waals surface area contributed by atoms with E-state index in [9.17, 15) is 13.2 Å². The number of fused-ring (bicyclic) bond motifs is 1. The smallest absolute Gasteiger partial charge is 0.381 e. The molecule has 0 radical (unpaired) electrons. The summed E-state index contributed by atoms with van der Waals surface area (Å²) < 4.78 is 40.1. The van der Waals surface area contributed by atoms with Crippen molar-refractivity contribution in [3.63, 3.8) is 0 Å². The first-order valence-electron chi connectivity index (χ1n) is 7.62. The van der Waals surface area contributed by atoms with Gasteiger partial charge in [-0.2, -0.15) is 13.2 Å². The second-order valence-electron chi connectivity index (χ2n) is 6.11. The van der Waals surface area contributed by atoms with Crippen molar-refractivity contribution >= 4 is 61.3 Å². The van der Waals surface area contributed by atoms with Crippen LogP contribution in [0, 0.1) is 2.88 Å². The van der Waals surface area contributed by atoms with Crippen LogP contribution in [0.1, 0.15) is 18.4 Å². The number of rotatable bonds is 3. The Labute approximate surface area is 161 Å². The van der Waals surface area contributed by atoms with Gasteiger partial charge in [0, 0.05) is 12.6 Å². The van der Waals surface area contributed by atoms with E-state index in [2.05, 4.69) is 10.2 Å². The number of hydrogen-bond donors (Lipinski definition) is 1. The third-order valence-corrected chi connectivity index (χ3v) is 7.19. The van der Waals surface area contributed by atoms with Gasteiger partial charge in [0.05, 0.1) is 25.2 Å². The number of halogens is 5. The largest absolute Gasteiger partial charge is 0.393 e. The molecule has 2 heterocycles. The number of benzene rings is 1. The topological polar surface area (TPSA) is 15.3 Å². The molecule has 0 amide bonds. The minimum absolute atomic E-state index is 0.0142. The fraction of sp³-hybridized carbons (Fsp3) is 0.500. The molecule has 2 atom stereocenters. The molecule has 0 spiro atoms. The van der Waals surface area contributed by atoms with Crippen molar-refractivity contribution in [3.8, 4) is 0 Å². The molecule has 0 bridgehead atoms. The Morgan fingerprint density at radius 2 is 2.17 bits per heavy atom. The number of piperidine rings is 1. The fourth-order valence-corrected chi connectivity index (χ4v) is 5.48. The van der Waals surface area contributed by atoms with E-state index < -0.39 is 12.6 Å². The molecule has 1 aliphatic heterocycles. The molecule has 2 aromatic rings. The summed E-state index contributed by atoms with van der Waals surface area (Å²) in [5, 5.41) is 4.19. The van der Waals surface area contributed by atoms with Crippen LogP contribution >= 0.6 is 45.5 Å². The summed E-state index contributed by atoms with van der Waals surface area (Å²) >= 11 is 9.74. The number of anilines is 1. The Bertz CT molecular complexity index is 734. The van der Waals surface area contributed by atoms with Gasteiger partial charge in [0.2, 0.25) is 0 Å². The summed E-state index contributed by atoms with van der Waals surface area (Å²) in [4.78, 5) is 2.11. The molecule has 1 aromatic carbocycles. The molecule has 0 aliphatic carbocycles. The van der Waals surface area contributed by atoms with Crippen LogP contribution in [0.5, 0.6) is 0 Å². The molecule has 1 aliphatic rings. The highest BCUT2D eigenvalue weighted by atomic mass is 127. The first-order chi connectivity index (χ1) is 11.2. The van der Waals surface area contributed by atoms with Gasteiger partial charge in [0.25, 0.3) is 0 Å². The highest BCUT2D eigenvalue weighted by Gasteiger charge is 2.31. The highest BCUT2D eigenvalue weighted by Crippen LogP contribution is 2.40. The van der Waals surface area contributed by atoms with E-state index in [1.165, 1.54) is 11.3 Å². The van der Waals surface area contributed by atoms with Crippen molar-refractivity contribution in [2.75, 3.05) is 18.9 Å². The van der Waals surface area contributed by atoms with Gasteiger partial charge in [-0.05, 0) is 59.5 Å². The molecule has 24 heavy (non-hydrogen) atoms. The minimum atomic E-state index is -4.20. The van der Waals surface area contributed by atoms with Gasteiger partial charge in [-0.3, -0.25) is 4.90 Å². The summed E-state index contributed by atoms with van der Waals surface area (Å²) in [5.41, 5.74) is 1.27. The second kappa shape index (κ2) is 7.17. The normalized spacial score (nSPS) is 22.9.